The molecular formula is C17H15N3O3. The third kappa shape index (κ3) is 2.30. The summed E-state index contributed by atoms with van der Waals surface area (Å²) in [5.41, 5.74) is 12.8. The zero-order valence-corrected chi connectivity index (χ0v) is 12.4. The topological polar surface area (TPSA) is 99.8 Å². The standard InChI is InChI=1S/C17H15N3O3/c1-23-11-6-4-5-10(9-11)16(21)15-14(18)13(17(19)22)12-7-2-3-8-20(12)15/h2-9H,18H2,1H3,(H2,19,22). The molecule has 2 heterocycles. The summed E-state index contributed by atoms with van der Waals surface area (Å²) in [5.74, 6) is -0.420. The van der Waals surface area contributed by atoms with Crippen LogP contribution in [0.4, 0.5) is 5.69 Å². The van der Waals surface area contributed by atoms with E-state index in [4.69, 9.17) is 16.2 Å². The number of hydrogen-bond acceptors (Lipinski definition) is 4. The summed E-state index contributed by atoms with van der Waals surface area (Å²) in [7, 11) is 1.52. The van der Waals surface area contributed by atoms with Gasteiger partial charge in [-0.1, -0.05) is 18.2 Å². The van der Waals surface area contributed by atoms with Gasteiger partial charge in [-0.2, -0.15) is 0 Å². The highest BCUT2D eigenvalue weighted by molar-refractivity contribution is 6.17. The first-order valence-corrected chi connectivity index (χ1v) is 6.91. The maximum atomic E-state index is 12.9. The Morgan fingerprint density at radius 3 is 2.61 bits per heavy atom. The zero-order valence-electron chi connectivity index (χ0n) is 12.4. The first-order chi connectivity index (χ1) is 11.0. The number of nitrogens with zero attached hydrogens (tertiary/aromatic N) is 1. The van der Waals surface area contributed by atoms with E-state index in [1.165, 1.54) is 7.11 Å². The van der Waals surface area contributed by atoms with Crippen molar-refractivity contribution < 1.29 is 14.3 Å². The summed E-state index contributed by atoms with van der Waals surface area (Å²) in [6.07, 6.45) is 1.67. The molecule has 0 bridgehead atoms. The number of fused-ring (bicyclic) bond motifs is 1. The number of pyridine rings is 1. The SMILES string of the molecule is COc1cccc(C(=O)c2c(N)c(C(N)=O)c3ccccn23)c1. The van der Waals surface area contributed by atoms with E-state index in [1.807, 2.05) is 0 Å². The van der Waals surface area contributed by atoms with Crippen molar-refractivity contribution in [1.29, 1.82) is 0 Å². The Bertz CT molecular complexity index is 928. The molecule has 0 fully saturated rings. The number of amides is 1. The lowest BCUT2D eigenvalue weighted by atomic mass is 10.1. The molecule has 0 radical (unpaired) electrons. The Hall–Kier alpha value is -3.28. The molecule has 0 unspecified atom stereocenters. The molecule has 0 saturated carbocycles. The minimum atomic E-state index is -0.670. The fraction of sp³-hybridized carbons (Fsp3) is 0.0588. The van der Waals surface area contributed by atoms with Crippen LogP contribution in [0.15, 0.2) is 48.7 Å². The lowest BCUT2D eigenvalue weighted by molar-refractivity contribution is 0.100. The van der Waals surface area contributed by atoms with E-state index in [-0.39, 0.29) is 22.7 Å². The van der Waals surface area contributed by atoms with Crippen LogP contribution >= 0.6 is 0 Å². The predicted octanol–water partition coefficient (Wildman–Crippen LogP) is 1.86. The normalized spacial score (nSPS) is 10.7. The van der Waals surface area contributed by atoms with E-state index in [0.29, 0.717) is 16.8 Å². The lowest BCUT2D eigenvalue weighted by Gasteiger charge is -2.05. The van der Waals surface area contributed by atoms with Gasteiger partial charge in [-0.05, 0) is 24.3 Å². The number of anilines is 1. The van der Waals surface area contributed by atoms with Crippen LogP contribution in [-0.2, 0) is 0 Å². The number of nitrogens with two attached hydrogens (primary N) is 2. The number of hydrogen-bond donors (Lipinski definition) is 2. The van der Waals surface area contributed by atoms with Crippen LogP contribution in [0.1, 0.15) is 26.4 Å². The first-order valence-electron chi connectivity index (χ1n) is 6.91. The number of primary amides is 1. The van der Waals surface area contributed by atoms with Crippen molar-refractivity contribution in [2.75, 3.05) is 12.8 Å². The quantitative estimate of drug-likeness (QED) is 0.718. The molecule has 0 saturated heterocycles. The van der Waals surface area contributed by atoms with Gasteiger partial charge in [0.1, 0.15) is 11.4 Å². The molecule has 0 aliphatic heterocycles. The van der Waals surface area contributed by atoms with Crippen LogP contribution in [0.2, 0.25) is 0 Å². The maximum absolute atomic E-state index is 12.9. The van der Waals surface area contributed by atoms with Crippen LogP contribution in [0, 0.1) is 0 Å². The van der Waals surface area contributed by atoms with Crippen LogP contribution in [0.3, 0.4) is 0 Å². The van der Waals surface area contributed by atoms with Crippen molar-refractivity contribution in [1.82, 2.24) is 4.40 Å². The van der Waals surface area contributed by atoms with Crippen LogP contribution in [0.25, 0.3) is 5.52 Å². The van der Waals surface area contributed by atoms with Crippen molar-refractivity contribution in [3.05, 3.63) is 65.5 Å². The molecule has 0 spiro atoms. The summed E-state index contributed by atoms with van der Waals surface area (Å²) in [5, 5.41) is 0. The second kappa shape index (κ2) is 5.49. The van der Waals surface area contributed by atoms with Gasteiger partial charge in [0, 0.05) is 11.8 Å². The molecule has 0 aliphatic carbocycles. The average Bonchev–Trinajstić information content (AvgIpc) is 2.86. The smallest absolute Gasteiger partial charge is 0.253 e. The van der Waals surface area contributed by atoms with Gasteiger partial charge in [-0.3, -0.25) is 9.59 Å². The monoisotopic (exact) mass is 309 g/mol. The molecule has 2 aromatic heterocycles. The number of nitrogen functional groups attached to an aromatic ring is 1. The van der Waals surface area contributed by atoms with E-state index in [1.54, 1.807) is 53.1 Å². The van der Waals surface area contributed by atoms with E-state index in [9.17, 15) is 9.59 Å². The third-order valence-electron chi connectivity index (χ3n) is 3.67. The second-order valence-corrected chi connectivity index (χ2v) is 5.02. The van der Waals surface area contributed by atoms with Gasteiger partial charge in [0.05, 0.1) is 23.9 Å². The van der Waals surface area contributed by atoms with Crippen molar-refractivity contribution >= 4 is 22.9 Å². The number of carbonyl (C=O) groups excluding carboxylic acids is 2. The van der Waals surface area contributed by atoms with Gasteiger partial charge in [0.2, 0.25) is 5.78 Å². The number of rotatable bonds is 4. The largest absolute Gasteiger partial charge is 0.497 e. The maximum Gasteiger partial charge on any atom is 0.253 e. The first kappa shape index (κ1) is 14.6. The van der Waals surface area contributed by atoms with E-state index in [2.05, 4.69) is 0 Å². The highest BCUT2D eigenvalue weighted by Crippen LogP contribution is 2.28. The molecule has 6 heteroatoms. The summed E-state index contributed by atoms with van der Waals surface area (Å²) < 4.78 is 6.72. The molecule has 6 nitrogen and oxygen atoms in total. The zero-order chi connectivity index (χ0) is 16.6. The fourth-order valence-electron chi connectivity index (χ4n) is 2.62. The summed E-state index contributed by atoms with van der Waals surface area (Å²) in [6, 6.07) is 11.9. The van der Waals surface area contributed by atoms with Gasteiger partial charge in [-0.25, -0.2) is 0 Å². The molecule has 4 N–H and O–H groups in total. The van der Waals surface area contributed by atoms with Crippen molar-refractivity contribution in [3.63, 3.8) is 0 Å². The van der Waals surface area contributed by atoms with Gasteiger partial charge in [0.25, 0.3) is 5.91 Å². The molecule has 116 valence electrons. The average molecular weight is 309 g/mol. The van der Waals surface area contributed by atoms with Gasteiger partial charge in [-0.15, -0.1) is 0 Å². The Labute approximate surface area is 132 Å². The minimum absolute atomic E-state index is 0.0801. The Morgan fingerprint density at radius 2 is 1.91 bits per heavy atom. The highest BCUT2D eigenvalue weighted by atomic mass is 16.5. The molecule has 3 rings (SSSR count). The minimum Gasteiger partial charge on any atom is -0.497 e. The Balaban J connectivity index is 2.25. The molecule has 1 aromatic carbocycles. The number of ether oxygens (including phenoxy) is 1. The molecular weight excluding hydrogens is 294 g/mol. The Kier molecular flexibility index (Phi) is 3.50. The van der Waals surface area contributed by atoms with Crippen LogP contribution < -0.4 is 16.2 Å². The van der Waals surface area contributed by atoms with Crippen LogP contribution in [-0.4, -0.2) is 23.2 Å². The van der Waals surface area contributed by atoms with Gasteiger partial charge >= 0.3 is 0 Å². The molecule has 0 aliphatic rings. The van der Waals surface area contributed by atoms with Crippen molar-refractivity contribution in [3.8, 4) is 5.75 Å². The van der Waals surface area contributed by atoms with Crippen molar-refractivity contribution in [2.24, 2.45) is 5.73 Å². The molecule has 23 heavy (non-hydrogen) atoms. The van der Waals surface area contributed by atoms with E-state index < -0.39 is 5.91 Å². The number of ketones is 1. The summed E-state index contributed by atoms with van der Waals surface area (Å²) in [4.78, 5) is 24.6. The number of aromatic nitrogens is 1. The lowest BCUT2D eigenvalue weighted by Crippen LogP contribution is -2.13. The predicted molar refractivity (Wildman–Crippen MR) is 86.8 cm³/mol. The molecule has 0 atom stereocenters. The van der Waals surface area contributed by atoms with Crippen molar-refractivity contribution in [2.45, 2.75) is 0 Å². The summed E-state index contributed by atoms with van der Waals surface area (Å²) in [6.45, 7) is 0. The summed E-state index contributed by atoms with van der Waals surface area (Å²) >= 11 is 0. The van der Waals surface area contributed by atoms with Crippen LogP contribution in [0.5, 0.6) is 5.75 Å². The highest BCUT2D eigenvalue weighted by Gasteiger charge is 2.24. The fourth-order valence-corrected chi connectivity index (χ4v) is 2.62. The Morgan fingerprint density at radius 1 is 1.13 bits per heavy atom. The van der Waals surface area contributed by atoms with Gasteiger partial charge in [0.15, 0.2) is 0 Å². The number of methoxy groups -OCH3 is 1. The van der Waals surface area contributed by atoms with Gasteiger partial charge < -0.3 is 20.6 Å². The van der Waals surface area contributed by atoms with E-state index in [0.717, 1.165) is 0 Å². The number of benzene rings is 1. The molecule has 1 amide bonds. The number of carbonyl (C=O) groups is 2. The molecule has 3 aromatic rings. The third-order valence-corrected chi connectivity index (χ3v) is 3.67. The second-order valence-electron chi connectivity index (χ2n) is 5.02. The van der Waals surface area contributed by atoms with E-state index >= 15 is 0 Å².